The van der Waals surface area contributed by atoms with E-state index in [4.69, 9.17) is 4.74 Å². The highest BCUT2D eigenvalue weighted by Gasteiger charge is 2.29. The van der Waals surface area contributed by atoms with Crippen molar-refractivity contribution in [1.29, 1.82) is 0 Å². The van der Waals surface area contributed by atoms with Crippen LogP contribution in [-0.2, 0) is 4.74 Å². The van der Waals surface area contributed by atoms with E-state index >= 15 is 0 Å². The van der Waals surface area contributed by atoms with E-state index in [1.54, 1.807) is 17.5 Å². The second kappa shape index (κ2) is 8.85. The zero-order valence-corrected chi connectivity index (χ0v) is 16.4. The highest BCUT2D eigenvalue weighted by atomic mass is 32.1. The average molecular weight is 386 g/mol. The number of hydrogen-bond acceptors (Lipinski definition) is 4. The number of rotatable bonds is 5. The van der Waals surface area contributed by atoms with Gasteiger partial charge in [0, 0.05) is 18.1 Å². The van der Waals surface area contributed by atoms with E-state index in [1.807, 2.05) is 16.3 Å². The van der Waals surface area contributed by atoms with Crippen molar-refractivity contribution in [3.63, 3.8) is 0 Å². The van der Waals surface area contributed by atoms with Crippen molar-refractivity contribution in [1.82, 2.24) is 15.2 Å². The number of carbonyl (C=O) groups excluding carboxylic acids is 1. The Bertz CT molecular complexity index is 716. The second-order valence-electron chi connectivity index (χ2n) is 7.47. The molecule has 2 unspecified atom stereocenters. The minimum absolute atomic E-state index is 0.00621. The lowest BCUT2D eigenvalue weighted by Crippen LogP contribution is -2.48. The topological polar surface area (TPSA) is 54.5 Å². The molecule has 1 saturated carbocycles. The number of nitrogens with one attached hydrogen (secondary N) is 1. The molecule has 2 heterocycles. The fourth-order valence-corrected chi connectivity index (χ4v) is 4.84. The van der Waals surface area contributed by atoms with Gasteiger partial charge in [0.05, 0.1) is 19.2 Å². The molecule has 6 heteroatoms. The maximum atomic E-state index is 13.0. The number of benzene rings is 1. The molecule has 2 aromatic rings. The summed E-state index contributed by atoms with van der Waals surface area (Å²) in [6.07, 6.45) is 7.89. The van der Waals surface area contributed by atoms with Crippen molar-refractivity contribution >= 4 is 17.4 Å². The predicted octanol–water partition coefficient (Wildman–Crippen LogP) is 4.55. The van der Waals surface area contributed by atoms with E-state index in [1.165, 1.54) is 31.2 Å². The van der Waals surface area contributed by atoms with Gasteiger partial charge in [0.25, 0.3) is 0 Å². The van der Waals surface area contributed by atoms with Crippen molar-refractivity contribution in [2.24, 2.45) is 5.92 Å². The summed E-state index contributed by atoms with van der Waals surface area (Å²) in [6.45, 7) is 1.74. The van der Waals surface area contributed by atoms with Gasteiger partial charge in [-0.1, -0.05) is 56.0 Å². The summed E-state index contributed by atoms with van der Waals surface area (Å²) in [5.74, 6) is 0.711. The molecule has 2 amide bonds. The highest BCUT2D eigenvalue weighted by molar-refractivity contribution is 7.09. The molecule has 2 aliphatic rings. The lowest BCUT2D eigenvalue weighted by Gasteiger charge is -2.33. The zero-order valence-electron chi connectivity index (χ0n) is 15.5. The monoisotopic (exact) mass is 385 g/mol. The molecule has 1 aliphatic carbocycles. The normalized spacial score (nSPS) is 21.9. The molecule has 2 atom stereocenters. The van der Waals surface area contributed by atoms with Crippen molar-refractivity contribution in [3.05, 3.63) is 52.5 Å². The van der Waals surface area contributed by atoms with Gasteiger partial charge in [0.15, 0.2) is 0 Å². The molecule has 0 spiro atoms. The standard InChI is InChI=1S/C21H27N3O2S/c25-21(24-11-12-26-19(15-24)20-22-10-13-27-20)23-18(14-16-6-4-5-7-16)17-8-2-1-3-9-17/h1-3,8-10,13,16,18-19H,4-7,11-12,14-15H2,(H,23,25). The Hall–Kier alpha value is -1.92. The minimum Gasteiger partial charge on any atom is -0.367 e. The Balaban J connectivity index is 1.42. The van der Waals surface area contributed by atoms with E-state index in [9.17, 15) is 4.79 Å². The number of ether oxygens (including phenoxy) is 1. The number of amides is 2. The summed E-state index contributed by atoms with van der Waals surface area (Å²) in [6, 6.07) is 10.5. The van der Waals surface area contributed by atoms with Crippen LogP contribution in [0.5, 0.6) is 0 Å². The van der Waals surface area contributed by atoms with Crippen LogP contribution in [0.4, 0.5) is 4.79 Å². The molecule has 1 aliphatic heterocycles. The predicted molar refractivity (Wildman–Crippen MR) is 107 cm³/mol. The third kappa shape index (κ3) is 4.68. The van der Waals surface area contributed by atoms with Crippen LogP contribution in [0.15, 0.2) is 41.9 Å². The molecule has 4 rings (SSSR count). The van der Waals surface area contributed by atoms with E-state index < -0.39 is 0 Å². The van der Waals surface area contributed by atoms with Crippen LogP contribution >= 0.6 is 11.3 Å². The average Bonchev–Trinajstić information content (AvgIpc) is 3.42. The number of morpholine rings is 1. The van der Waals surface area contributed by atoms with E-state index in [0.29, 0.717) is 25.6 Å². The number of aromatic nitrogens is 1. The number of urea groups is 1. The second-order valence-corrected chi connectivity index (χ2v) is 8.40. The summed E-state index contributed by atoms with van der Waals surface area (Å²) >= 11 is 1.58. The van der Waals surface area contributed by atoms with Gasteiger partial charge in [0.1, 0.15) is 11.1 Å². The van der Waals surface area contributed by atoms with Gasteiger partial charge in [-0.2, -0.15) is 0 Å². The summed E-state index contributed by atoms with van der Waals surface area (Å²) in [7, 11) is 0. The van der Waals surface area contributed by atoms with Gasteiger partial charge in [-0.3, -0.25) is 0 Å². The van der Waals surface area contributed by atoms with E-state index in [2.05, 4.69) is 34.6 Å². The van der Waals surface area contributed by atoms with Crippen molar-refractivity contribution in [2.75, 3.05) is 19.7 Å². The fourth-order valence-electron chi connectivity index (χ4n) is 4.16. The van der Waals surface area contributed by atoms with Gasteiger partial charge in [0.2, 0.25) is 0 Å². The van der Waals surface area contributed by atoms with Gasteiger partial charge >= 0.3 is 6.03 Å². The molecular weight excluding hydrogens is 358 g/mol. The molecule has 1 saturated heterocycles. The largest absolute Gasteiger partial charge is 0.367 e. The Labute approximate surface area is 164 Å². The van der Waals surface area contributed by atoms with Crippen LogP contribution in [-0.4, -0.2) is 35.6 Å². The van der Waals surface area contributed by atoms with Gasteiger partial charge < -0.3 is 15.0 Å². The maximum absolute atomic E-state index is 13.0. The molecule has 0 radical (unpaired) electrons. The van der Waals surface area contributed by atoms with E-state index in [0.717, 1.165) is 11.4 Å². The van der Waals surface area contributed by atoms with Crippen LogP contribution in [0.3, 0.4) is 0 Å². The van der Waals surface area contributed by atoms with Crippen molar-refractivity contribution in [2.45, 2.75) is 44.2 Å². The van der Waals surface area contributed by atoms with Gasteiger partial charge in [-0.05, 0) is 17.9 Å². The molecular formula is C21H27N3O2S. The summed E-state index contributed by atoms with van der Waals surface area (Å²) < 4.78 is 5.83. The first-order chi connectivity index (χ1) is 13.3. The molecule has 5 nitrogen and oxygen atoms in total. The Morgan fingerprint density at radius 1 is 1.30 bits per heavy atom. The first kappa shape index (κ1) is 18.4. The summed E-state index contributed by atoms with van der Waals surface area (Å²) in [5, 5.41) is 6.20. The van der Waals surface area contributed by atoms with Crippen LogP contribution < -0.4 is 5.32 Å². The fraction of sp³-hybridized carbons (Fsp3) is 0.524. The number of hydrogen-bond donors (Lipinski definition) is 1. The van der Waals surface area contributed by atoms with Gasteiger partial charge in [-0.25, -0.2) is 9.78 Å². The van der Waals surface area contributed by atoms with E-state index in [-0.39, 0.29) is 18.2 Å². The smallest absolute Gasteiger partial charge is 0.318 e. The third-order valence-corrected chi connectivity index (χ3v) is 6.49. The minimum atomic E-state index is -0.116. The van der Waals surface area contributed by atoms with Crippen molar-refractivity contribution in [3.8, 4) is 0 Å². The zero-order chi connectivity index (χ0) is 18.5. The lowest BCUT2D eigenvalue weighted by atomic mass is 9.93. The maximum Gasteiger partial charge on any atom is 0.318 e. The summed E-state index contributed by atoms with van der Waals surface area (Å²) in [5.41, 5.74) is 1.20. The molecule has 144 valence electrons. The number of nitrogens with zero attached hydrogens (tertiary/aromatic N) is 2. The van der Waals surface area contributed by atoms with Crippen LogP contribution in [0.1, 0.15) is 54.8 Å². The first-order valence-electron chi connectivity index (χ1n) is 9.91. The molecule has 0 bridgehead atoms. The Morgan fingerprint density at radius 2 is 2.11 bits per heavy atom. The number of thiazole rings is 1. The Kier molecular flexibility index (Phi) is 6.04. The molecule has 1 N–H and O–H groups in total. The summed E-state index contributed by atoms with van der Waals surface area (Å²) in [4.78, 5) is 19.2. The van der Waals surface area contributed by atoms with Gasteiger partial charge in [-0.15, -0.1) is 11.3 Å². The highest BCUT2D eigenvalue weighted by Crippen LogP contribution is 2.33. The van der Waals surface area contributed by atoms with Crippen LogP contribution in [0.2, 0.25) is 0 Å². The first-order valence-corrected chi connectivity index (χ1v) is 10.8. The molecule has 27 heavy (non-hydrogen) atoms. The molecule has 1 aromatic carbocycles. The van der Waals surface area contributed by atoms with Crippen LogP contribution in [0.25, 0.3) is 0 Å². The molecule has 2 fully saturated rings. The van der Waals surface area contributed by atoms with Crippen molar-refractivity contribution < 1.29 is 9.53 Å². The van der Waals surface area contributed by atoms with Crippen LogP contribution in [0, 0.1) is 5.92 Å². The third-order valence-electron chi connectivity index (χ3n) is 5.62. The SMILES string of the molecule is O=C(NC(CC1CCCC1)c1ccccc1)N1CCOC(c2nccs2)C1. The Morgan fingerprint density at radius 3 is 2.85 bits per heavy atom. The lowest BCUT2D eigenvalue weighted by molar-refractivity contribution is -0.0159. The number of carbonyl (C=O) groups is 1. The quantitative estimate of drug-likeness (QED) is 0.822. The molecule has 1 aromatic heterocycles.